The van der Waals surface area contributed by atoms with Crippen LogP contribution in [0.1, 0.15) is 34.8 Å². The Balaban J connectivity index is 1.63. The predicted molar refractivity (Wildman–Crippen MR) is 92.5 cm³/mol. The van der Waals surface area contributed by atoms with E-state index in [1.54, 1.807) is 13.0 Å². The number of para-hydroxylation sites is 2. The Kier molecular flexibility index (Phi) is 3.38. The number of nitrogens with one attached hydrogen (secondary N) is 3. The Morgan fingerprint density at radius 2 is 2.12 bits per heavy atom. The first-order valence-electron chi connectivity index (χ1n) is 7.86. The van der Waals surface area contributed by atoms with Gasteiger partial charge in [0, 0.05) is 18.0 Å². The van der Waals surface area contributed by atoms with Crippen LogP contribution in [0.3, 0.4) is 0 Å². The molecule has 25 heavy (non-hydrogen) atoms. The van der Waals surface area contributed by atoms with Gasteiger partial charge in [-0.1, -0.05) is 12.1 Å². The van der Waals surface area contributed by atoms with Gasteiger partial charge in [0.05, 0.1) is 17.1 Å². The van der Waals surface area contributed by atoms with Gasteiger partial charge in [0.2, 0.25) is 0 Å². The fourth-order valence-corrected chi connectivity index (χ4v) is 2.76. The van der Waals surface area contributed by atoms with Gasteiger partial charge < -0.3 is 10.3 Å². The average Bonchev–Trinajstić information content (AvgIpc) is 3.18. The SMILES string of the molecule is Cc1cc2ncc(C(=O)N[C@@H](C)c3nc4ccccc4[nH]3)c(=O)n2[nH]1. The second kappa shape index (κ2) is 5.59. The van der Waals surface area contributed by atoms with E-state index in [0.717, 1.165) is 16.7 Å². The van der Waals surface area contributed by atoms with Crippen molar-refractivity contribution in [3.8, 4) is 0 Å². The third kappa shape index (κ3) is 2.57. The maximum Gasteiger partial charge on any atom is 0.285 e. The highest BCUT2D eigenvalue weighted by atomic mass is 16.2. The van der Waals surface area contributed by atoms with Crippen molar-refractivity contribution in [1.82, 2.24) is 29.9 Å². The van der Waals surface area contributed by atoms with Gasteiger partial charge in [-0.05, 0) is 26.0 Å². The van der Waals surface area contributed by atoms with Crippen molar-refractivity contribution in [1.29, 1.82) is 0 Å². The minimum atomic E-state index is -0.493. The molecule has 3 heterocycles. The van der Waals surface area contributed by atoms with Crippen LogP contribution in [0.15, 0.2) is 41.3 Å². The number of imidazole rings is 1. The summed E-state index contributed by atoms with van der Waals surface area (Å²) in [6.45, 7) is 3.62. The smallest absolute Gasteiger partial charge is 0.285 e. The lowest BCUT2D eigenvalue weighted by molar-refractivity contribution is 0.0936. The third-order valence-electron chi connectivity index (χ3n) is 4.03. The molecule has 8 heteroatoms. The van der Waals surface area contributed by atoms with Crippen LogP contribution in [0.5, 0.6) is 0 Å². The van der Waals surface area contributed by atoms with Gasteiger partial charge >= 0.3 is 0 Å². The monoisotopic (exact) mass is 336 g/mol. The molecule has 0 spiro atoms. The maximum absolute atomic E-state index is 12.5. The molecule has 8 nitrogen and oxygen atoms in total. The first kappa shape index (κ1) is 15.1. The molecule has 0 bridgehead atoms. The molecule has 4 rings (SSSR count). The van der Waals surface area contributed by atoms with E-state index in [1.165, 1.54) is 10.7 Å². The van der Waals surface area contributed by atoms with E-state index in [9.17, 15) is 9.59 Å². The zero-order valence-corrected chi connectivity index (χ0v) is 13.7. The van der Waals surface area contributed by atoms with Gasteiger partial charge in [-0.15, -0.1) is 0 Å². The number of nitrogens with zero attached hydrogens (tertiary/aromatic N) is 3. The van der Waals surface area contributed by atoms with Crippen LogP contribution in [0, 0.1) is 6.92 Å². The van der Waals surface area contributed by atoms with E-state index in [-0.39, 0.29) is 11.6 Å². The van der Waals surface area contributed by atoms with Crippen molar-refractivity contribution in [2.45, 2.75) is 19.9 Å². The number of hydrogen-bond acceptors (Lipinski definition) is 4. The standard InChI is InChI=1S/C17H16N6O2/c1-9-7-14-18-8-11(17(25)23(14)22-9)16(24)19-10(2)15-20-12-5-3-4-6-13(12)21-15/h3-8,10,22H,1-2H3,(H,19,24)(H,20,21)/t10-/m0/s1. The molecule has 0 unspecified atom stereocenters. The summed E-state index contributed by atoms with van der Waals surface area (Å²) in [6.07, 6.45) is 1.30. The molecule has 0 aliphatic heterocycles. The van der Waals surface area contributed by atoms with Crippen molar-refractivity contribution in [2.75, 3.05) is 0 Å². The van der Waals surface area contributed by atoms with Gasteiger partial charge in [-0.25, -0.2) is 14.5 Å². The van der Waals surface area contributed by atoms with Crippen molar-refractivity contribution < 1.29 is 4.79 Å². The quantitative estimate of drug-likeness (QED) is 0.529. The Hall–Kier alpha value is -3.42. The summed E-state index contributed by atoms with van der Waals surface area (Å²) in [5, 5.41) is 5.65. The molecule has 0 aliphatic rings. The lowest BCUT2D eigenvalue weighted by Crippen LogP contribution is -2.33. The van der Waals surface area contributed by atoms with Crippen LogP contribution >= 0.6 is 0 Å². The van der Waals surface area contributed by atoms with Crippen LogP contribution in [0.25, 0.3) is 16.7 Å². The third-order valence-corrected chi connectivity index (χ3v) is 4.03. The summed E-state index contributed by atoms with van der Waals surface area (Å²) in [5.41, 5.74) is 2.52. The highest BCUT2D eigenvalue weighted by molar-refractivity contribution is 5.94. The summed E-state index contributed by atoms with van der Waals surface area (Å²) in [7, 11) is 0. The lowest BCUT2D eigenvalue weighted by Gasteiger charge is -2.11. The molecule has 4 aromatic rings. The normalized spacial score (nSPS) is 12.6. The van der Waals surface area contributed by atoms with Crippen LogP contribution in [-0.4, -0.2) is 30.5 Å². The lowest BCUT2D eigenvalue weighted by atomic mass is 10.2. The maximum atomic E-state index is 12.5. The van der Waals surface area contributed by atoms with Crippen molar-refractivity contribution >= 4 is 22.6 Å². The molecule has 0 saturated carbocycles. The first-order valence-corrected chi connectivity index (χ1v) is 7.86. The van der Waals surface area contributed by atoms with Crippen LogP contribution in [0.2, 0.25) is 0 Å². The van der Waals surface area contributed by atoms with E-state index in [0.29, 0.717) is 11.5 Å². The van der Waals surface area contributed by atoms with Gasteiger partial charge in [0.1, 0.15) is 11.4 Å². The summed E-state index contributed by atoms with van der Waals surface area (Å²) >= 11 is 0. The summed E-state index contributed by atoms with van der Waals surface area (Å²) in [6, 6.07) is 8.97. The molecule has 1 aromatic carbocycles. The molecule has 0 aliphatic carbocycles. The molecule has 3 N–H and O–H groups in total. The first-order chi connectivity index (χ1) is 12.0. The van der Waals surface area contributed by atoms with E-state index in [1.807, 2.05) is 31.2 Å². The second-order valence-electron chi connectivity index (χ2n) is 5.94. The van der Waals surface area contributed by atoms with Gasteiger partial charge in [-0.2, -0.15) is 0 Å². The second-order valence-corrected chi connectivity index (χ2v) is 5.94. The van der Waals surface area contributed by atoms with Crippen LogP contribution in [0.4, 0.5) is 0 Å². The summed E-state index contributed by atoms with van der Waals surface area (Å²) in [4.78, 5) is 36.7. The summed E-state index contributed by atoms with van der Waals surface area (Å²) < 4.78 is 1.26. The zero-order valence-electron chi connectivity index (χ0n) is 13.7. The number of aryl methyl sites for hydroxylation is 1. The Labute approximate surface area is 141 Å². The van der Waals surface area contributed by atoms with E-state index < -0.39 is 11.5 Å². The number of amides is 1. The number of rotatable bonds is 3. The molecule has 1 atom stereocenters. The number of aromatic nitrogens is 5. The molecule has 126 valence electrons. The minimum absolute atomic E-state index is 0.0256. The largest absolute Gasteiger partial charge is 0.342 e. The van der Waals surface area contributed by atoms with Gasteiger partial charge in [0.25, 0.3) is 11.5 Å². The molecular formula is C17H16N6O2. The summed E-state index contributed by atoms with van der Waals surface area (Å²) in [5.74, 6) is 0.131. The number of aromatic amines is 2. The van der Waals surface area contributed by atoms with E-state index >= 15 is 0 Å². The number of hydrogen-bond donors (Lipinski definition) is 3. The van der Waals surface area contributed by atoms with Gasteiger partial charge in [0.15, 0.2) is 5.65 Å². The van der Waals surface area contributed by atoms with Crippen molar-refractivity contribution in [3.63, 3.8) is 0 Å². The van der Waals surface area contributed by atoms with Gasteiger partial charge in [-0.3, -0.25) is 14.7 Å². The Morgan fingerprint density at radius 1 is 1.32 bits per heavy atom. The molecule has 0 fully saturated rings. The van der Waals surface area contributed by atoms with E-state index in [2.05, 4.69) is 25.4 Å². The number of carbonyl (C=O) groups excluding carboxylic acids is 1. The number of H-pyrrole nitrogens is 2. The van der Waals surface area contributed by atoms with E-state index in [4.69, 9.17) is 0 Å². The Morgan fingerprint density at radius 3 is 2.92 bits per heavy atom. The number of benzene rings is 1. The zero-order chi connectivity index (χ0) is 17.6. The molecule has 3 aromatic heterocycles. The molecular weight excluding hydrogens is 320 g/mol. The fraction of sp³-hybridized carbons (Fsp3) is 0.176. The topological polar surface area (TPSA) is 108 Å². The number of carbonyl (C=O) groups is 1. The highest BCUT2D eigenvalue weighted by Crippen LogP contribution is 2.15. The molecule has 1 amide bonds. The molecule has 0 saturated heterocycles. The Bertz CT molecular complexity index is 1120. The number of fused-ring (bicyclic) bond motifs is 2. The fourth-order valence-electron chi connectivity index (χ4n) is 2.76. The van der Waals surface area contributed by atoms with Crippen LogP contribution in [-0.2, 0) is 0 Å². The molecule has 0 radical (unpaired) electrons. The minimum Gasteiger partial charge on any atom is -0.342 e. The van der Waals surface area contributed by atoms with Crippen molar-refractivity contribution in [3.05, 3.63) is 64.0 Å². The highest BCUT2D eigenvalue weighted by Gasteiger charge is 2.18. The average molecular weight is 336 g/mol. The predicted octanol–water partition coefficient (Wildman–Crippen LogP) is 1.70. The van der Waals surface area contributed by atoms with Crippen LogP contribution < -0.4 is 10.9 Å². The van der Waals surface area contributed by atoms with Crippen molar-refractivity contribution in [2.24, 2.45) is 0 Å².